The first kappa shape index (κ1) is 14.5. The van der Waals surface area contributed by atoms with Gasteiger partial charge in [-0.25, -0.2) is 9.59 Å². The maximum absolute atomic E-state index is 11.5. The SMILES string of the molecule is CCc1cccc(NC(=O)CNC(N)=O)c1C(=O)O. The number of primary amides is 1. The van der Waals surface area contributed by atoms with Gasteiger partial charge < -0.3 is 21.5 Å². The van der Waals surface area contributed by atoms with E-state index in [9.17, 15) is 14.4 Å². The van der Waals surface area contributed by atoms with Crippen LogP contribution in [0, 0.1) is 0 Å². The number of hydrogen-bond donors (Lipinski definition) is 4. The number of urea groups is 1. The molecule has 7 heteroatoms. The molecule has 1 aromatic rings. The van der Waals surface area contributed by atoms with Crippen LogP contribution < -0.4 is 16.4 Å². The molecule has 1 aromatic carbocycles. The van der Waals surface area contributed by atoms with Crippen LogP contribution in [0.2, 0.25) is 0 Å². The number of aryl methyl sites for hydroxylation is 1. The molecule has 0 aliphatic carbocycles. The minimum absolute atomic E-state index is 0.0532. The molecular weight excluding hydrogens is 250 g/mol. The molecule has 0 aliphatic rings. The maximum Gasteiger partial charge on any atom is 0.338 e. The van der Waals surface area contributed by atoms with Crippen LogP contribution in [0.3, 0.4) is 0 Å². The Morgan fingerprint density at radius 2 is 2.00 bits per heavy atom. The van der Waals surface area contributed by atoms with Crippen molar-refractivity contribution >= 4 is 23.6 Å². The van der Waals surface area contributed by atoms with E-state index in [-0.39, 0.29) is 17.8 Å². The van der Waals surface area contributed by atoms with E-state index in [0.717, 1.165) is 0 Å². The topological polar surface area (TPSA) is 122 Å². The number of nitrogens with one attached hydrogen (secondary N) is 2. The van der Waals surface area contributed by atoms with Gasteiger partial charge in [-0.3, -0.25) is 4.79 Å². The van der Waals surface area contributed by atoms with Gasteiger partial charge in [-0.2, -0.15) is 0 Å². The lowest BCUT2D eigenvalue weighted by molar-refractivity contribution is -0.115. The monoisotopic (exact) mass is 265 g/mol. The number of carboxylic acids is 1. The Labute approximate surface area is 109 Å². The molecule has 0 aromatic heterocycles. The molecule has 7 nitrogen and oxygen atoms in total. The average Bonchev–Trinajstić information content (AvgIpc) is 2.35. The summed E-state index contributed by atoms with van der Waals surface area (Å²) >= 11 is 0. The van der Waals surface area contributed by atoms with Crippen LogP contribution in [0.5, 0.6) is 0 Å². The first-order valence-electron chi connectivity index (χ1n) is 5.64. The van der Waals surface area contributed by atoms with E-state index < -0.39 is 17.9 Å². The molecule has 0 bridgehead atoms. The van der Waals surface area contributed by atoms with Crippen LogP contribution in [0.4, 0.5) is 10.5 Å². The Morgan fingerprint density at radius 3 is 2.53 bits per heavy atom. The van der Waals surface area contributed by atoms with Gasteiger partial charge in [0.15, 0.2) is 0 Å². The van der Waals surface area contributed by atoms with Crippen LogP contribution in [0.15, 0.2) is 18.2 Å². The first-order valence-corrected chi connectivity index (χ1v) is 5.64. The number of benzene rings is 1. The molecule has 102 valence electrons. The molecular formula is C12H15N3O4. The van der Waals surface area contributed by atoms with Crippen molar-refractivity contribution in [3.63, 3.8) is 0 Å². The van der Waals surface area contributed by atoms with E-state index in [1.165, 1.54) is 6.07 Å². The standard InChI is InChI=1S/C12H15N3O4/c1-2-7-4-3-5-8(10(7)11(17)18)15-9(16)6-14-12(13)19/h3-5H,2,6H2,1H3,(H,15,16)(H,17,18)(H3,13,14,19). The van der Waals surface area contributed by atoms with E-state index in [4.69, 9.17) is 10.8 Å². The molecule has 0 unspecified atom stereocenters. The van der Waals surface area contributed by atoms with Gasteiger partial charge in [-0.15, -0.1) is 0 Å². The second kappa shape index (κ2) is 6.39. The van der Waals surface area contributed by atoms with Gasteiger partial charge in [0.1, 0.15) is 0 Å². The van der Waals surface area contributed by atoms with Crippen molar-refractivity contribution in [2.45, 2.75) is 13.3 Å². The zero-order chi connectivity index (χ0) is 14.4. The minimum Gasteiger partial charge on any atom is -0.478 e. The van der Waals surface area contributed by atoms with Crippen molar-refractivity contribution in [2.75, 3.05) is 11.9 Å². The number of amides is 3. The molecule has 1 rings (SSSR count). The van der Waals surface area contributed by atoms with Crippen LogP contribution >= 0.6 is 0 Å². The summed E-state index contributed by atoms with van der Waals surface area (Å²) in [6.45, 7) is 1.51. The highest BCUT2D eigenvalue weighted by molar-refractivity contribution is 6.02. The van der Waals surface area contributed by atoms with E-state index in [0.29, 0.717) is 12.0 Å². The number of carbonyl (C=O) groups is 3. The molecule has 0 spiro atoms. The predicted octanol–water partition coefficient (Wildman–Crippen LogP) is 0.554. The fourth-order valence-electron chi connectivity index (χ4n) is 1.61. The third-order valence-electron chi connectivity index (χ3n) is 2.44. The molecule has 5 N–H and O–H groups in total. The van der Waals surface area contributed by atoms with Crippen molar-refractivity contribution in [3.8, 4) is 0 Å². The molecule has 0 saturated heterocycles. The summed E-state index contributed by atoms with van der Waals surface area (Å²) in [5.74, 6) is -1.66. The van der Waals surface area contributed by atoms with E-state index in [2.05, 4.69) is 10.6 Å². The summed E-state index contributed by atoms with van der Waals surface area (Å²) in [5, 5.41) is 13.7. The summed E-state index contributed by atoms with van der Waals surface area (Å²) < 4.78 is 0. The number of rotatable bonds is 5. The zero-order valence-corrected chi connectivity index (χ0v) is 10.4. The van der Waals surface area contributed by atoms with Crippen LogP contribution in [-0.4, -0.2) is 29.6 Å². The Hall–Kier alpha value is -2.57. The summed E-state index contributed by atoms with van der Waals surface area (Å²) in [5.41, 5.74) is 5.70. The number of hydrogen-bond acceptors (Lipinski definition) is 3. The zero-order valence-electron chi connectivity index (χ0n) is 10.4. The van der Waals surface area contributed by atoms with Crippen LogP contribution in [0.1, 0.15) is 22.8 Å². The number of carboxylic acid groups (broad SMARTS) is 1. The fraction of sp³-hybridized carbons (Fsp3) is 0.250. The number of nitrogens with two attached hydrogens (primary N) is 1. The van der Waals surface area contributed by atoms with Crippen molar-refractivity contribution in [3.05, 3.63) is 29.3 Å². The van der Waals surface area contributed by atoms with Crippen molar-refractivity contribution < 1.29 is 19.5 Å². The fourth-order valence-corrected chi connectivity index (χ4v) is 1.61. The third-order valence-corrected chi connectivity index (χ3v) is 2.44. The lowest BCUT2D eigenvalue weighted by Crippen LogP contribution is -2.36. The highest BCUT2D eigenvalue weighted by atomic mass is 16.4. The van der Waals surface area contributed by atoms with Crippen LogP contribution in [0.25, 0.3) is 0 Å². The molecule has 0 aliphatic heterocycles. The summed E-state index contributed by atoms with van der Waals surface area (Å²) in [7, 11) is 0. The van der Waals surface area contributed by atoms with Crippen molar-refractivity contribution in [1.29, 1.82) is 0 Å². The largest absolute Gasteiger partial charge is 0.478 e. The summed E-state index contributed by atoms with van der Waals surface area (Å²) in [6, 6.07) is 4.00. The summed E-state index contributed by atoms with van der Waals surface area (Å²) in [6.07, 6.45) is 0.533. The molecule has 0 fully saturated rings. The van der Waals surface area contributed by atoms with Gasteiger partial charge >= 0.3 is 12.0 Å². The van der Waals surface area contributed by atoms with Gasteiger partial charge in [0.2, 0.25) is 5.91 Å². The molecule has 0 radical (unpaired) electrons. The molecule has 0 heterocycles. The highest BCUT2D eigenvalue weighted by Gasteiger charge is 2.16. The smallest absolute Gasteiger partial charge is 0.338 e. The normalized spacial score (nSPS) is 9.74. The Bertz CT molecular complexity index is 514. The number of carbonyl (C=O) groups excluding carboxylic acids is 2. The number of aromatic carboxylic acids is 1. The first-order chi connectivity index (χ1) is 8.95. The molecule has 3 amide bonds. The van der Waals surface area contributed by atoms with Crippen molar-refractivity contribution in [2.24, 2.45) is 5.73 Å². The Balaban J connectivity index is 2.91. The Kier molecular flexibility index (Phi) is 4.87. The van der Waals surface area contributed by atoms with E-state index in [1.54, 1.807) is 12.1 Å². The van der Waals surface area contributed by atoms with Gasteiger partial charge in [-0.05, 0) is 18.1 Å². The van der Waals surface area contributed by atoms with E-state index >= 15 is 0 Å². The quantitative estimate of drug-likeness (QED) is 0.621. The molecule has 19 heavy (non-hydrogen) atoms. The minimum atomic E-state index is -1.12. The Morgan fingerprint density at radius 1 is 1.32 bits per heavy atom. The highest BCUT2D eigenvalue weighted by Crippen LogP contribution is 2.20. The van der Waals surface area contributed by atoms with Gasteiger partial charge in [0.25, 0.3) is 0 Å². The molecule has 0 saturated carbocycles. The second-order valence-electron chi connectivity index (χ2n) is 3.76. The van der Waals surface area contributed by atoms with Gasteiger partial charge in [0.05, 0.1) is 17.8 Å². The maximum atomic E-state index is 11.5. The average molecular weight is 265 g/mol. The van der Waals surface area contributed by atoms with Gasteiger partial charge in [-0.1, -0.05) is 19.1 Å². The molecule has 0 atom stereocenters. The third kappa shape index (κ3) is 3.98. The summed E-state index contributed by atoms with van der Waals surface area (Å²) in [4.78, 5) is 33.2. The lowest BCUT2D eigenvalue weighted by Gasteiger charge is -2.11. The van der Waals surface area contributed by atoms with Gasteiger partial charge in [0, 0.05) is 0 Å². The van der Waals surface area contributed by atoms with E-state index in [1.807, 2.05) is 6.92 Å². The van der Waals surface area contributed by atoms with Crippen LogP contribution in [-0.2, 0) is 11.2 Å². The lowest BCUT2D eigenvalue weighted by atomic mass is 10.0. The predicted molar refractivity (Wildman–Crippen MR) is 69.0 cm³/mol. The number of anilines is 1. The second-order valence-corrected chi connectivity index (χ2v) is 3.76. The van der Waals surface area contributed by atoms with Crippen molar-refractivity contribution in [1.82, 2.24) is 5.32 Å².